The lowest BCUT2D eigenvalue weighted by molar-refractivity contribution is -0.137. The molecule has 28 heavy (non-hydrogen) atoms. The molecule has 3 rings (SSSR count). The SMILES string of the molecule is C=C(NC1=C(C)C(=O)NCC1)c1cccc(-c2c(O)cccc2C(F)(F)F)n1. The van der Waals surface area contributed by atoms with Gasteiger partial charge in [-0.25, -0.2) is 4.98 Å². The summed E-state index contributed by atoms with van der Waals surface area (Å²) in [6.07, 6.45) is -4.06. The summed E-state index contributed by atoms with van der Waals surface area (Å²) in [4.78, 5) is 16.0. The highest BCUT2D eigenvalue weighted by Crippen LogP contribution is 2.41. The summed E-state index contributed by atoms with van der Waals surface area (Å²) in [5.41, 5.74) is 0.450. The number of alkyl halides is 3. The number of phenols is 1. The van der Waals surface area contributed by atoms with Gasteiger partial charge in [0.2, 0.25) is 5.91 Å². The summed E-state index contributed by atoms with van der Waals surface area (Å²) in [5, 5.41) is 15.8. The first-order valence-electron chi connectivity index (χ1n) is 8.49. The average Bonchev–Trinajstić information content (AvgIpc) is 2.64. The zero-order valence-electron chi connectivity index (χ0n) is 15.0. The molecule has 146 valence electrons. The predicted molar refractivity (Wildman–Crippen MR) is 98.8 cm³/mol. The second kappa shape index (κ2) is 7.38. The molecule has 0 saturated heterocycles. The number of hydrogen-bond donors (Lipinski definition) is 3. The Hall–Kier alpha value is -3.29. The van der Waals surface area contributed by atoms with Crippen molar-refractivity contribution in [3.8, 4) is 17.0 Å². The number of pyridine rings is 1. The van der Waals surface area contributed by atoms with Crippen molar-refractivity contribution in [2.75, 3.05) is 6.54 Å². The third kappa shape index (κ3) is 3.85. The van der Waals surface area contributed by atoms with Gasteiger partial charge in [-0.3, -0.25) is 4.79 Å². The fourth-order valence-corrected chi connectivity index (χ4v) is 2.95. The maximum Gasteiger partial charge on any atom is 0.417 e. The molecule has 0 saturated carbocycles. The number of amides is 1. The van der Waals surface area contributed by atoms with Gasteiger partial charge in [0.05, 0.1) is 28.2 Å². The van der Waals surface area contributed by atoms with Crippen LogP contribution in [0.15, 0.2) is 54.2 Å². The molecule has 0 fully saturated rings. The monoisotopic (exact) mass is 389 g/mol. The minimum Gasteiger partial charge on any atom is -0.507 e. The topological polar surface area (TPSA) is 74.2 Å². The molecule has 1 amide bonds. The van der Waals surface area contributed by atoms with Crippen LogP contribution in [0.4, 0.5) is 13.2 Å². The standard InChI is InChI=1S/C20H18F3N3O2/c1-11-14(9-10-24-19(11)28)25-12(2)15-6-4-7-16(26-15)18-13(20(21,22)23)5-3-8-17(18)27/h3-8,25,27H,2,9-10H2,1H3,(H,24,28). The molecule has 2 heterocycles. The minimum atomic E-state index is -4.64. The Bertz CT molecular complexity index is 981. The predicted octanol–water partition coefficient (Wildman–Crippen LogP) is 3.83. The number of carbonyl (C=O) groups is 1. The molecule has 8 heteroatoms. The first kappa shape index (κ1) is 19.5. The first-order chi connectivity index (χ1) is 13.2. The Balaban J connectivity index is 1.97. The molecule has 0 radical (unpaired) electrons. The van der Waals surface area contributed by atoms with Crippen molar-refractivity contribution in [3.05, 3.63) is 65.5 Å². The van der Waals surface area contributed by atoms with Gasteiger partial charge >= 0.3 is 6.18 Å². The number of aromatic hydroxyl groups is 1. The maximum atomic E-state index is 13.3. The van der Waals surface area contributed by atoms with E-state index in [1.807, 2.05) is 0 Å². The first-order valence-corrected chi connectivity index (χ1v) is 8.49. The summed E-state index contributed by atoms with van der Waals surface area (Å²) in [5.74, 6) is -0.701. The van der Waals surface area contributed by atoms with Crippen LogP contribution in [-0.4, -0.2) is 22.5 Å². The molecule has 3 N–H and O–H groups in total. The van der Waals surface area contributed by atoms with E-state index in [9.17, 15) is 23.1 Å². The number of aromatic nitrogens is 1. The molecule has 1 aliphatic heterocycles. The fourth-order valence-electron chi connectivity index (χ4n) is 2.95. The normalized spacial score (nSPS) is 14.6. The summed E-state index contributed by atoms with van der Waals surface area (Å²) < 4.78 is 40.0. The van der Waals surface area contributed by atoms with Gasteiger partial charge in [-0.1, -0.05) is 18.7 Å². The maximum absolute atomic E-state index is 13.3. The average molecular weight is 389 g/mol. The van der Waals surface area contributed by atoms with Crippen molar-refractivity contribution in [2.24, 2.45) is 0 Å². The number of halogens is 3. The van der Waals surface area contributed by atoms with Crippen LogP contribution in [0.3, 0.4) is 0 Å². The van der Waals surface area contributed by atoms with Crippen molar-refractivity contribution in [1.29, 1.82) is 0 Å². The van der Waals surface area contributed by atoms with Crippen LogP contribution in [0.5, 0.6) is 5.75 Å². The van der Waals surface area contributed by atoms with Gasteiger partial charge in [-0.2, -0.15) is 13.2 Å². The zero-order chi connectivity index (χ0) is 20.5. The van der Waals surface area contributed by atoms with Crippen LogP contribution < -0.4 is 10.6 Å². The summed E-state index contributed by atoms with van der Waals surface area (Å²) in [7, 11) is 0. The van der Waals surface area contributed by atoms with E-state index in [1.54, 1.807) is 13.0 Å². The summed E-state index contributed by atoms with van der Waals surface area (Å²) >= 11 is 0. The number of hydrogen-bond acceptors (Lipinski definition) is 4. The molecule has 0 atom stereocenters. The van der Waals surface area contributed by atoms with Crippen LogP contribution >= 0.6 is 0 Å². The number of nitrogens with one attached hydrogen (secondary N) is 2. The number of benzene rings is 1. The number of rotatable bonds is 4. The van der Waals surface area contributed by atoms with E-state index in [2.05, 4.69) is 22.2 Å². The Morgan fingerprint density at radius 3 is 2.68 bits per heavy atom. The molecule has 5 nitrogen and oxygen atoms in total. The Morgan fingerprint density at radius 2 is 1.96 bits per heavy atom. The van der Waals surface area contributed by atoms with Crippen molar-refractivity contribution < 1.29 is 23.1 Å². The summed E-state index contributed by atoms with van der Waals surface area (Å²) in [6.45, 7) is 6.03. The largest absolute Gasteiger partial charge is 0.507 e. The van der Waals surface area contributed by atoms with Crippen LogP contribution in [0.2, 0.25) is 0 Å². The Kier molecular flexibility index (Phi) is 5.13. The van der Waals surface area contributed by atoms with E-state index < -0.39 is 23.1 Å². The van der Waals surface area contributed by atoms with Gasteiger partial charge in [-0.05, 0) is 31.2 Å². The number of phenolic OH excluding ortho intramolecular Hbond substituents is 1. The zero-order valence-corrected chi connectivity index (χ0v) is 15.0. The highest BCUT2D eigenvalue weighted by Gasteiger charge is 2.35. The minimum absolute atomic E-state index is 0.0297. The van der Waals surface area contributed by atoms with E-state index in [-0.39, 0.29) is 11.6 Å². The van der Waals surface area contributed by atoms with Gasteiger partial charge < -0.3 is 15.7 Å². The fraction of sp³-hybridized carbons (Fsp3) is 0.200. The molecule has 1 aliphatic rings. The lowest BCUT2D eigenvalue weighted by Crippen LogP contribution is -2.34. The van der Waals surface area contributed by atoms with Crippen molar-refractivity contribution in [1.82, 2.24) is 15.6 Å². The third-order valence-electron chi connectivity index (χ3n) is 4.42. The summed E-state index contributed by atoms with van der Waals surface area (Å²) in [6, 6.07) is 7.72. The highest BCUT2D eigenvalue weighted by molar-refractivity contribution is 5.94. The molecular weight excluding hydrogens is 371 g/mol. The van der Waals surface area contributed by atoms with E-state index in [0.29, 0.717) is 35.6 Å². The van der Waals surface area contributed by atoms with Gasteiger partial charge in [0.15, 0.2) is 0 Å². The lowest BCUT2D eigenvalue weighted by Gasteiger charge is -2.21. The quantitative estimate of drug-likeness (QED) is 0.743. The van der Waals surface area contributed by atoms with Crippen molar-refractivity contribution in [3.63, 3.8) is 0 Å². The molecule has 1 aromatic heterocycles. The molecule has 0 spiro atoms. The van der Waals surface area contributed by atoms with E-state index in [4.69, 9.17) is 0 Å². The van der Waals surface area contributed by atoms with Crippen LogP contribution in [-0.2, 0) is 11.0 Å². The number of nitrogens with zero attached hydrogens (tertiary/aromatic N) is 1. The molecule has 0 bridgehead atoms. The number of carbonyl (C=O) groups excluding carboxylic acids is 1. The van der Waals surface area contributed by atoms with Crippen molar-refractivity contribution >= 4 is 11.6 Å². The Morgan fingerprint density at radius 1 is 1.25 bits per heavy atom. The van der Waals surface area contributed by atoms with Crippen LogP contribution in [0.1, 0.15) is 24.6 Å². The Labute approximate surface area is 159 Å². The second-order valence-electron chi connectivity index (χ2n) is 6.32. The van der Waals surface area contributed by atoms with Gasteiger partial charge in [0.25, 0.3) is 0 Å². The molecular formula is C20H18F3N3O2. The molecule has 2 aromatic rings. The van der Waals surface area contributed by atoms with E-state index >= 15 is 0 Å². The smallest absolute Gasteiger partial charge is 0.417 e. The van der Waals surface area contributed by atoms with Gasteiger partial charge in [0.1, 0.15) is 5.75 Å². The molecule has 0 aliphatic carbocycles. The van der Waals surface area contributed by atoms with Gasteiger partial charge in [-0.15, -0.1) is 0 Å². The second-order valence-corrected chi connectivity index (χ2v) is 6.32. The molecule has 1 aromatic carbocycles. The highest BCUT2D eigenvalue weighted by atomic mass is 19.4. The van der Waals surface area contributed by atoms with Crippen LogP contribution in [0, 0.1) is 0 Å². The van der Waals surface area contributed by atoms with Gasteiger partial charge in [0, 0.05) is 24.2 Å². The molecule has 0 unspecified atom stereocenters. The van der Waals surface area contributed by atoms with E-state index in [0.717, 1.165) is 12.1 Å². The van der Waals surface area contributed by atoms with Crippen LogP contribution in [0.25, 0.3) is 17.0 Å². The lowest BCUT2D eigenvalue weighted by atomic mass is 10.0. The van der Waals surface area contributed by atoms with E-state index in [1.165, 1.54) is 18.2 Å². The third-order valence-corrected chi connectivity index (χ3v) is 4.42. The van der Waals surface area contributed by atoms with Crippen molar-refractivity contribution in [2.45, 2.75) is 19.5 Å².